The Kier molecular flexibility index (Phi) is 5.06. The van der Waals surface area contributed by atoms with Crippen LogP contribution in [0.4, 0.5) is 0 Å². The van der Waals surface area contributed by atoms with Gasteiger partial charge in [-0.05, 0) is 30.9 Å². The molecule has 0 spiro atoms. The van der Waals surface area contributed by atoms with Crippen molar-refractivity contribution >= 4 is 11.9 Å². The minimum absolute atomic E-state index is 0.141. The van der Waals surface area contributed by atoms with E-state index in [1.165, 1.54) is 4.90 Å². The minimum Gasteiger partial charge on any atom is -0.480 e. The Morgan fingerprint density at radius 1 is 1.40 bits per heavy atom. The van der Waals surface area contributed by atoms with Crippen LogP contribution in [-0.2, 0) is 16.0 Å². The molecule has 1 N–H and O–H groups in total. The highest BCUT2D eigenvalue weighted by molar-refractivity contribution is 5.84. The fraction of sp³-hybridized carbons (Fsp3) is 0.471. The number of pyridine rings is 1. The van der Waals surface area contributed by atoms with E-state index in [0.29, 0.717) is 36.3 Å². The van der Waals surface area contributed by atoms with Crippen molar-refractivity contribution in [3.05, 3.63) is 30.3 Å². The van der Waals surface area contributed by atoms with Crippen LogP contribution in [0.2, 0.25) is 0 Å². The summed E-state index contributed by atoms with van der Waals surface area (Å²) in [6, 6.07) is 4.64. The number of likely N-dealkylation sites (tertiary alicyclic amines) is 1. The second kappa shape index (κ2) is 7.42. The van der Waals surface area contributed by atoms with E-state index in [0.717, 1.165) is 6.42 Å². The van der Waals surface area contributed by atoms with Crippen LogP contribution < -0.4 is 0 Å². The summed E-state index contributed by atoms with van der Waals surface area (Å²) in [5.74, 6) is -0.126. The zero-order valence-electron chi connectivity index (χ0n) is 14.0. The van der Waals surface area contributed by atoms with E-state index in [2.05, 4.69) is 15.1 Å². The summed E-state index contributed by atoms with van der Waals surface area (Å²) in [5, 5.41) is 13.2. The first kappa shape index (κ1) is 17.1. The highest BCUT2D eigenvalue weighted by Gasteiger charge is 2.34. The van der Waals surface area contributed by atoms with Crippen molar-refractivity contribution in [1.82, 2.24) is 20.0 Å². The van der Waals surface area contributed by atoms with Gasteiger partial charge in [-0.25, -0.2) is 4.79 Å². The van der Waals surface area contributed by atoms with Gasteiger partial charge in [0.1, 0.15) is 11.7 Å². The van der Waals surface area contributed by atoms with Crippen LogP contribution in [0, 0.1) is 5.92 Å². The van der Waals surface area contributed by atoms with Crippen molar-refractivity contribution in [3.63, 3.8) is 0 Å². The molecule has 1 aliphatic heterocycles. The summed E-state index contributed by atoms with van der Waals surface area (Å²) in [7, 11) is 0. The van der Waals surface area contributed by atoms with Crippen molar-refractivity contribution in [2.24, 2.45) is 5.92 Å². The number of piperidine rings is 1. The number of carboxylic acids is 1. The molecule has 2 atom stereocenters. The van der Waals surface area contributed by atoms with Crippen LogP contribution in [0.3, 0.4) is 0 Å². The molecule has 3 heterocycles. The third-order valence-corrected chi connectivity index (χ3v) is 4.38. The maximum absolute atomic E-state index is 12.4. The number of rotatable bonds is 5. The van der Waals surface area contributed by atoms with Gasteiger partial charge in [-0.1, -0.05) is 18.1 Å². The first-order chi connectivity index (χ1) is 12.0. The maximum Gasteiger partial charge on any atom is 0.326 e. The highest BCUT2D eigenvalue weighted by atomic mass is 16.5. The molecule has 1 fully saturated rings. The number of aryl methyl sites for hydroxylation is 1. The third kappa shape index (κ3) is 4.01. The number of carbonyl (C=O) groups excluding carboxylic acids is 1. The zero-order chi connectivity index (χ0) is 17.8. The molecule has 8 nitrogen and oxygen atoms in total. The molecule has 2 aromatic rings. The molecule has 1 amide bonds. The lowest BCUT2D eigenvalue weighted by Gasteiger charge is -2.36. The lowest BCUT2D eigenvalue weighted by molar-refractivity contribution is -0.153. The van der Waals surface area contributed by atoms with Gasteiger partial charge in [-0.2, -0.15) is 4.98 Å². The van der Waals surface area contributed by atoms with E-state index in [4.69, 9.17) is 4.52 Å². The number of nitrogens with zero attached hydrogens (tertiary/aromatic N) is 4. The number of carbonyl (C=O) groups is 2. The highest BCUT2D eigenvalue weighted by Crippen LogP contribution is 2.23. The average molecular weight is 344 g/mol. The van der Waals surface area contributed by atoms with Crippen molar-refractivity contribution in [2.45, 2.75) is 38.6 Å². The van der Waals surface area contributed by atoms with Gasteiger partial charge in [0.05, 0.1) is 0 Å². The van der Waals surface area contributed by atoms with Crippen LogP contribution in [-0.4, -0.2) is 49.6 Å². The van der Waals surface area contributed by atoms with Gasteiger partial charge in [-0.3, -0.25) is 9.78 Å². The van der Waals surface area contributed by atoms with Gasteiger partial charge in [0.25, 0.3) is 0 Å². The number of hydrogen-bond donors (Lipinski definition) is 1. The molecule has 132 valence electrons. The van der Waals surface area contributed by atoms with Crippen LogP contribution in [0.1, 0.15) is 32.1 Å². The second-order valence-electron chi connectivity index (χ2n) is 6.30. The lowest BCUT2D eigenvalue weighted by Crippen LogP contribution is -2.49. The Bertz CT molecular complexity index is 746. The molecule has 2 aromatic heterocycles. The minimum atomic E-state index is -0.949. The topological polar surface area (TPSA) is 109 Å². The number of hydrogen-bond acceptors (Lipinski definition) is 6. The van der Waals surface area contributed by atoms with Crippen molar-refractivity contribution in [1.29, 1.82) is 0 Å². The summed E-state index contributed by atoms with van der Waals surface area (Å²) in [5.41, 5.74) is 0.597. The van der Waals surface area contributed by atoms with Gasteiger partial charge in [0.2, 0.25) is 17.6 Å². The molecule has 0 bridgehead atoms. The third-order valence-electron chi connectivity index (χ3n) is 4.38. The van der Waals surface area contributed by atoms with Gasteiger partial charge in [0, 0.05) is 25.6 Å². The zero-order valence-corrected chi connectivity index (χ0v) is 14.0. The molecule has 25 heavy (non-hydrogen) atoms. The SMILES string of the molecule is CC1CCN(C(=O)CCc2nc(-c3ccccn3)no2)C(C(=O)O)C1. The second-order valence-corrected chi connectivity index (χ2v) is 6.30. The van der Waals surface area contributed by atoms with E-state index >= 15 is 0 Å². The van der Waals surface area contributed by atoms with E-state index < -0.39 is 12.0 Å². The van der Waals surface area contributed by atoms with Gasteiger partial charge in [0.15, 0.2) is 0 Å². The molecule has 3 rings (SSSR count). The Morgan fingerprint density at radius 3 is 2.96 bits per heavy atom. The molecule has 0 saturated carbocycles. The molecular weight excluding hydrogens is 324 g/mol. The van der Waals surface area contributed by atoms with Crippen LogP contribution in [0.5, 0.6) is 0 Å². The predicted molar refractivity (Wildman–Crippen MR) is 87.4 cm³/mol. The van der Waals surface area contributed by atoms with E-state index in [1.807, 2.05) is 13.0 Å². The van der Waals surface area contributed by atoms with Crippen LogP contribution >= 0.6 is 0 Å². The van der Waals surface area contributed by atoms with Gasteiger partial charge in [-0.15, -0.1) is 0 Å². The fourth-order valence-electron chi connectivity index (χ4n) is 2.99. The fourth-order valence-corrected chi connectivity index (χ4v) is 2.99. The van der Waals surface area contributed by atoms with Crippen molar-refractivity contribution < 1.29 is 19.2 Å². The molecule has 0 aromatic carbocycles. The summed E-state index contributed by atoms with van der Waals surface area (Å²) >= 11 is 0. The van der Waals surface area contributed by atoms with Crippen LogP contribution in [0.25, 0.3) is 11.5 Å². The van der Waals surface area contributed by atoms with Gasteiger partial charge < -0.3 is 14.5 Å². The van der Waals surface area contributed by atoms with Crippen molar-refractivity contribution in [2.75, 3.05) is 6.54 Å². The molecule has 0 aliphatic carbocycles. The molecule has 0 radical (unpaired) electrons. The average Bonchev–Trinajstić information content (AvgIpc) is 3.09. The summed E-state index contributed by atoms with van der Waals surface area (Å²) in [6.07, 6.45) is 3.36. The van der Waals surface area contributed by atoms with E-state index in [9.17, 15) is 14.7 Å². The summed E-state index contributed by atoms with van der Waals surface area (Å²) < 4.78 is 5.16. The first-order valence-corrected chi connectivity index (χ1v) is 8.31. The quantitative estimate of drug-likeness (QED) is 0.880. The normalized spacial score (nSPS) is 20.4. The van der Waals surface area contributed by atoms with Crippen molar-refractivity contribution in [3.8, 4) is 11.5 Å². The molecule has 2 unspecified atom stereocenters. The Hall–Kier alpha value is -2.77. The van der Waals surface area contributed by atoms with Crippen LogP contribution in [0.15, 0.2) is 28.9 Å². The number of amides is 1. The summed E-state index contributed by atoms with van der Waals surface area (Å²) in [6.45, 7) is 2.48. The first-order valence-electron chi connectivity index (χ1n) is 8.31. The molecule has 8 heteroatoms. The molecular formula is C17H20N4O4. The smallest absolute Gasteiger partial charge is 0.326 e. The Labute approximate surface area is 144 Å². The largest absolute Gasteiger partial charge is 0.480 e. The monoisotopic (exact) mass is 344 g/mol. The maximum atomic E-state index is 12.4. The number of carboxylic acid groups (broad SMARTS) is 1. The standard InChI is InChI=1S/C17H20N4O4/c1-11-7-9-21(13(10-11)17(23)24)15(22)6-5-14-19-16(20-25-14)12-4-2-3-8-18-12/h2-4,8,11,13H,5-7,9-10H2,1H3,(H,23,24). The predicted octanol–water partition coefficient (Wildman–Crippen LogP) is 1.78. The van der Waals surface area contributed by atoms with E-state index in [1.54, 1.807) is 18.3 Å². The Balaban J connectivity index is 1.60. The summed E-state index contributed by atoms with van der Waals surface area (Å²) in [4.78, 5) is 33.7. The van der Waals surface area contributed by atoms with E-state index in [-0.39, 0.29) is 18.7 Å². The Morgan fingerprint density at radius 2 is 2.24 bits per heavy atom. The molecule has 1 saturated heterocycles. The lowest BCUT2D eigenvalue weighted by atomic mass is 9.92. The number of aliphatic carboxylic acids is 1. The number of aromatic nitrogens is 3. The van der Waals surface area contributed by atoms with Gasteiger partial charge >= 0.3 is 5.97 Å². The molecule has 1 aliphatic rings.